The maximum absolute atomic E-state index is 11.4. The van der Waals surface area contributed by atoms with Crippen molar-refractivity contribution >= 4 is 5.91 Å². The first kappa shape index (κ1) is 15.3. The third kappa shape index (κ3) is 4.42. The maximum Gasteiger partial charge on any atom is 0.221 e. The van der Waals surface area contributed by atoms with Crippen LogP contribution >= 0.6 is 0 Å². The molecule has 104 valence electrons. The van der Waals surface area contributed by atoms with Gasteiger partial charge in [-0.05, 0) is 25.0 Å². The van der Waals surface area contributed by atoms with Crippen LogP contribution in [0.1, 0.15) is 36.7 Å². The molecule has 1 heterocycles. The Bertz CT molecular complexity index is 471. The summed E-state index contributed by atoms with van der Waals surface area (Å²) in [7, 11) is 1.88. The second-order valence-electron chi connectivity index (χ2n) is 4.59. The summed E-state index contributed by atoms with van der Waals surface area (Å²) in [6.07, 6.45) is 1.44. The molecule has 5 nitrogen and oxygen atoms in total. The molecule has 0 atom stereocenters. The lowest BCUT2D eigenvalue weighted by molar-refractivity contribution is -0.120. The molecule has 0 radical (unpaired) electrons. The van der Waals surface area contributed by atoms with Crippen molar-refractivity contribution in [2.45, 2.75) is 33.2 Å². The van der Waals surface area contributed by atoms with E-state index in [1.807, 2.05) is 31.5 Å². The average molecular weight is 262 g/mol. The van der Waals surface area contributed by atoms with Gasteiger partial charge in [0.2, 0.25) is 5.91 Å². The van der Waals surface area contributed by atoms with E-state index in [1.54, 1.807) is 0 Å². The summed E-state index contributed by atoms with van der Waals surface area (Å²) in [4.78, 5) is 11.4. The highest BCUT2D eigenvalue weighted by molar-refractivity contribution is 5.75. The van der Waals surface area contributed by atoms with Crippen molar-refractivity contribution in [3.63, 3.8) is 0 Å². The molecule has 1 aromatic rings. The van der Waals surface area contributed by atoms with Gasteiger partial charge in [0.1, 0.15) is 11.8 Å². The summed E-state index contributed by atoms with van der Waals surface area (Å²) < 4.78 is 1.88. The monoisotopic (exact) mass is 262 g/mol. The van der Waals surface area contributed by atoms with Crippen LogP contribution in [-0.4, -0.2) is 23.6 Å². The Labute approximate surface area is 114 Å². The molecule has 0 saturated carbocycles. The van der Waals surface area contributed by atoms with E-state index in [-0.39, 0.29) is 5.91 Å². The Balaban J connectivity index is 2.34. The smallest absolute Gasteiger partial charge is 0.221 e. The van der Waals surface area contributed by atoms with Crippen molar-refractivity contribution in [1.82, 2.24) is 15.2 Å². The number of carbonyl (C=O) groups excluding carboxylic acids is 1. The largest absolute Gasteiger partial charge is 0.356 e. The van der Waals surface area contributed by atoms with Gasteiger partial charge in [-0.25, -0.2) is 0 Å². The lowest BCUT2D eigenvalue weighted by atomic mass is 10.2. The highest BCUT2D eigenvalue weighted by Crippen LogP contribution is 2.12. The average Bonchev–Trinajstić information content (AvgIpc) is 2.69. The second kappa shape index (κ2) is 7.59. The summed E-state index contributed by atoms with van der Waals surface area (Å²) in [6, 6.07) is 4.05. The minimum atomic E-state index is 0.0804. The molecule has 0 aliphatic rings. The molecule has 19 heavy (non-hydrogen) atoms. The van der Waals surface area contributed by atoms with Gasteiger partial charge in [0, 0.05) is 38.8 Å². The first-order valence-corrected chi connectivity index (χ1v) is 6.62. The van der Waals surface area contributed by atoms with E-state index < -0.39 is 0 Å². The SMILES string of the molecule is CCCNC(=O)CCNCc1cc(C#N)n(C)c1C. The fourth-order valence-electron chi connectivity index (χ4n) is 1.83. The van der Waals surface area contributed by atoms with Gasteiger partial charge >= 0.3 is 0 Å². The molecule has 1 rings (SSSR count). The quantitative estimate of drug-likeness (QED) is 0.726. The zero-order valence-electron chi connectivity index (χ0n) is 11.9. The number of nitriles is 1. The highest BCUT2D eigenvalue weighted by atomic mass is 16.1. The van der Waals surface area contributed by atoms with Gasteiger partial charge in [0.05, 0.1) is 0 Å². The van der Waals surface area contributed by atoms with Gasteiger partial charge in [-0.2, -0.15) is 5.26 Å². The van der Waals surface area contributed by atoms with Crippen LogP contribution in [0.5, 0.6) is 0 Å². The van der Waals surface area contributed by atoms with E-state index in [2.05, 4.69) is 16.7 Å². The van der Waals surface area contributed by atoms with Crippen LogP contribution in [-0.2, 0) is 18.4 Å². The predicted molar refractivity (Wildman–Crippen MR) is 74.5 cm³/mol. The van der Waals surface area contributed by atoms with Gasteiger partial charge < -0.3 is 15.2 Å². The number of amides is 1. The van der Waals surface area contributed by atoms with E-state index in [0.717, 1.165) is 24.2 Å². The Morgan fingerprint density at radius 2 is 2.21 bits per heavy atom. The number of aromatic nitrogens is 1. The van der Waals surface area contributed by atoms with Crippen molar-refractivity contribution in [2.75, 3.05) is 13.1 Å². The Morgan fingerprint density at radius 1 is 1.47 bits per heavy atom. The number of hydrogen-bond donors (Lipinski definition) is 2. The third-order valence-electron chi connectivity index (χ3n) is 3.17. The first-order valence-electron chi connectivity index (χ1n) is 6.62. The number of hydrogen-bond acceptors (Lipinski definition) is 3. The van der Waals surface area contributed by atoms with Gasteiger partial charge in [-0.15, -0.1) is 0 Å². The normalized spacial score (nSPS) is 10.2. The van der Waals surface area contributed by atoms with Crippen LogP contribution in [0, 0.1) is 18.3 Å². The van der Waals surface area contributed by atoms with Crippen LogP contribution in [0.25, 0.3) is 0 Å². The summed E-state index contributed by atoms with van der Waals surface area (Å²) >= 11 is 0. The van der Waals surface area contributed by atoms with Crippen LogP contribution in [0.4, 0.5) is 0 Å². The van der Waals surface area contributed by atoms with Gasteiger partial charge in [-0.1, -0.05) is 6.92 Å². The van der Waals surface area contributed by atoms with Crippen LogP contribution < -0.4 is 10.6 Å². The third-order valence-corrected chi connectivity index (χ3v) is 3.17. The number of nitrogens with one attached hydrogen (secondary N) is 2. The number of carbonyl (C=O) groups is 1. The Hall–Kier alpha value is -1.80. The minimum Gasteiger partial charge on any atom is -0.356 e. The van der Waals surface area contributed by atoms with Crippen molar-refractivity contribution in [2.24, 2.45) is 7.05 Å². The molecular formula is C14H22N4O. The zero-order chi connectivity index (χ0) is 14.3. The van der Waals surface area contributed by atoms with Crippen LogP contribution in [0.15, 0.2) is 6.07 Å². The van der Waals surface area contributed by atoms with E-state index >= 15 is 0 Å². The minimum absolute atomic E-state index is 0.0804. The molecule has 5 heteroatoms. The molecule has 0 aliphatic carbocycles. The molecule has 0 fully saturated rings. The summed E-state index contributed by atoms with van der Waals surface area (Å²) in [6.45, 7) is 6.09. The van der Waals surface area contributed by atoms with E-state index in [4.69, 9.17) is 5.26 Å². The fraction of sp³-hybridized carbons (Fsp3) is 0.571. The second-order valence-corrected chi connectivity index (χ2v) is 4.59. The number of rotatable bonds is 7. The fourth-order valence-corrected chi connectivity index (χ4v) is 1.83. The van der Waals surface area contributed by atoms with Gasteiger partial charge in [0.25, 0.3) is 0 Å². The van der Waals surface area contributed by atoms with Crippen molar-refractivity contribution < 1.29 is 4.79 Å². The molecule has 2 N–H and O–H groups in total. The molecule has 0 bridgehead atoms. The Morgan fingerprint density at radius 3 is 2.79 bits per heavy atom. The molecule has 0 aliphatic heterocycles. The Kier molecular flexibility index (Phi) is 6.10. The van der Waals surface area contributed by atoms with E-state index in [1.165, 1.54) is 0 Å². The predicted octanol–water partition coefficient (Wildman–Crippen LogP) is 1.21. The van der Waals surface area contributed by atoms with Crippen LogP contribution in [0.3, 0.4) is 0 Å². The summed E-state index contributed by atoms with van der Waals surface area (Å²) in [5.74, 6) is 0.0804. The summed E-state index contributed by atoms with van der Waals surface area (Å²) in [5, 5.41) is 15.0. The lowest BCUT2D eigenvalue weighted by Crippen LogP contribution is -2.28. The number of nitrogens with zero attached hydrogens (tertiary/aromatic N) is 2. The van der Waals surface area contributed by atoms with Gasteiger partial charge in [-0.3, -0.25) is 4.79 Å². The van der Waals surface area contributed by atoms with Crippen LogP contribution in [0.2, 0.25) is 0 Å². The molecule has 0 aromatic carbocycles. The molecule has 1 amide bonds. The lowest BCUT2D eigenvalue weighted by Gasteiger charge is -2.06. The first-order chi connectivity index (χ1) is 9.10. The standard InChI is InChI=1S/C14H22N4O/c1-4-6-17-14(19)5-7-16-10-12-8-13(9-15)18(3)11(12)2/h8,16H,4-7,10H2,1-3H3,(H,17,19). The van der Waals surface area contributed by atoms with Crippen molar-refractivity contribution in [3.8, 4) is 6.07 Å². The molecule has 1 aromatic heterocycles. The maximum atomic E-state index is 11.4. The van der Waals surface area contributed by atoms with Crippen molar-refractivity contribution in [3.05, 3.63) is 23.0 Å². The van der Waals surface area contributed by atoms with E-state index in [0.29, 0.717) is 25.2 Å². The summed E-state index contributed by atoms with van der Waals surface area (Å²) in [5.41, 5.74) is 2.85. The zero-order valence-corrected chi connectivity index (χ0v) is 11.9. The molecular weight excluding hydrogens is 240 g/mol. The highest BCUT2D eigenvalue weighted by Gasteiger charge is 2.08. The van der Waals surface area contributed by atoms with Crippen molar-refractivity contribution in [1.29, 1.82) is 5.26 Å². The topological polar surface area (TPSA) is 69.8 Å². The van der Waals surface area contributed by atoms with Gasteiger partial charge in [0.15, 0.2) is 0 Å². The molecule has 0 saturated heterocycles. The molecule has 0 spiro atoms. The van der Waals surface area contributed by atoms with E-state index in [9.17, 15) is 4.79 Å². The molecule has 0 unspecified atom stereocenters.